The monoisotopic (exact) mass is 361 g/mol. The lowest BCUT2D eigenvalue weighted by molar-refractivity contribution is 0.467. The highest BCUT2D eigenvalue weighted by atomic mass is 19.1. The summed E-state index contributed by atoms with van der Waals surface area (Å²) in [7, 11) is 0. The molecule has 0 aliphatic rings. The van der Waals surface area contributed by atoms with Gasteiger partial charge in [0.05, 0.1) is 11.9 Å². The van der Waals surface area contributed by atoms with E-state index in [2.05, 4.69) is 4.99 Å². The van der Waals surface area contributed by atoms with Crippen LogP contribution in [-0.4, -0.2) is 5.90 Å². The summed E-state index contributed by atoms with van der Waals surface area (Å²) >= 11 is 0. The van der Waals surface area contributed by atoms with Crippen LogP contribution in [0, 0.1) is 12.7 Å². The highest BCUT2D eigenvalue weighted by molar-refractivity contribution is 5.96. The van der Waals surface area contributed by atoms with Crippen molar-refractivity contribution >= 4 is 11.6 Å². The van der Waals surface area contributed by atoms with Gasteiger partial charge in [0.15, 0.2) is 11.6 Å². The average Bonchev–Trinajstić information content (AvgIpc) is 2.69. The van der Waals surface area contributed by atoms with Crippen LogP contribution >= 0.6 is 0 Å². The van der Waals surface area contributed by atoms with Gasteiger partial charge in [0.1, 0.15) is 5.75 Å². The maximum atomic E-state index is 14.0. The summed E-state index contributed by atoms with van der Waals surface area (Å²) in [6.45, 7) is 3.81. The molecule has 0 aliphatic heterocycles. The molecule has 0 bridgehead atoms. The molecule has 0 unspecified atom stereocenters. The van der Waals surface area contributed by atoms with Gasteiger partial charge in [0.25, 0.3) is 0 Å². The number of hydrogen-bond acceptors (Lipinski definition) is 3. The van der Waals surface area contributed by atoms with Crippen LogP contribution in [0.25, 0.3) is 0 Å². The summed E-state index contributed by atoms with van der Waals surface area (Å²) in [5, 5.41) is 0. The van der Waals surface area contributed by atoms with E-state index in [1.54, 1.807) is 31.4 Å². The first-order valence-corrected chi connectivity index (χ1v) is 8.58. The van der Waals surface area contributed by atoms with Crippen LogP contribution in [0.5, 0.6) is 11.5 Å². The van der Waals surface area contributed by atoms with Crippen molar-refractivity contribution in [1.82, 2.24) is 0 Å². The second kappa shape index (κ2) is 8.81. The van der Waals surface area contributed by atoms with Gasteiger partial charge in [0, 0.05) is 5.57 Å². The van der Waals surface area contributed by atoms with Crippen LogP contribution in [-0.2, 0) is 0 Å². The minimum Gasteiger partial charge on any atom is -0.465 e. The second-order valence-electron chi connectivity index (χ2n) is 6.02. The van der Waals surface area contributed by atoms with E-state index in [-0.39, 0.29) is 11.6 Å². The second-order valence-corrected chi connectivity index (χ2v) is 6.02. The first-order chi connectivity index (χ1) is 13.1. The zero-order chi connectivity index (χ0) is 19.1. The van der Waals surface area contributed by atoms with E-state index in [1.807, 2.05) is 61.5 Å². The molecular weight excluding hydrogens is 341 g/mol. The van der Waals surface area contributed by atoms with Crippen LogP contribution in [0.4, 0.5) is 10.1 Å². The molecule has 0 amide bonds. The van der Waals surface area contributed by atoms with Gasteiger partial charge in [-0.3, -0.25) is 0 Å². The molecule has 0 N–H and O–H groups in total. The predicted molar refractivity (Wildman–Crippen MR) is 106 cm³/mol. The smallest absolute Gasteiger partial charge is 0.225 e. The molecule has 0 radical (unpaired) electrons. The summed E-state index contributed by atoms with van der Waals surface area (Å²) < 4.78 is 25.4. The average molecular weight is 361 g/mol. The summed E-state index contributed by atoms with van der Waals surface area (Å²) in [4.78, 5) is 4.50. The van der Waals surface area contributed by atoms with Crippen LogP contribution in [0.15, 0.2) is 95.7 Å². The molecule has 0 aliphatic carbocycles. The van der Waals surface area contributed by atoms with Gasteiger partial charge in [0.2, 0.25) is 5.90 Å². The zero-order valence-electron chi connectivity index (χ0n) is 15.2. The van der Waals surface area contributed by atoms with Crippen molar-refractivity contribution in [2.75, 3.05) is 0 Å². The van der Waals surface area contributed by atoms with Gasteiger partial charge in [-0.05, 0) is 50.2 Å². The lowest BCUT2D eigenvalue weighted by Gasteiger charge is -2.11. The van der Waals surface area contributed by atoms with E-state index in [4.69, 9.17) is 9.47 Å². The van der Waals surface area contributed by atoms with Gasteiger partial charge >= 0.3 is 0 Å². The third kappa shape index (κ3) is 5.28. The molecule has 0 atom stereocenters. The maximum Gasteiger partial charge on any atom is 0.225 e. The molecule has 4 heteroatoms. The summed E-state index contributed by atoms with van der Waals surface area (Å²) in [6.07, 6.45) is 1.55. The summed E-state index contributed by atoms with van der Waals surface area (Å²) in [5.41, 5.74) is 2.48. The van der Waals surface area contributed by atoms with E-state index < -0.39 is 5.82 Å². The van der Waals surface area contributed by atoms with Gasteiger partial charge in [-0.2, -0.15) is 0 Å². The van der Waals surface area contributed by atoms with Gasteiger partial charge < -0.3 is 9.47 Å². The normalized spacial score (nSPS) is 12.0. The van der Waals surface area contributed by atoms with Gasteiger partial charge in [-0.25, -0.2) is 9.38 Å². The van der Waals surface area contributed by atoms with Crippen molar-refractivity contribution in [3.8, 4) is 11.5 Å². The highest BCUT2D eigenvalue weighted by Gasteiger charge is 2.10. The van der Waals surface area contributed by atoms with Crippen molar-refractivity contribution < 1.29 is 13.9 Å². The third-order valence-corrected chi connectivity index (χ3v) is 3.76. The van der Waals surface area contributed by atoms with E-state index in [1.165, 1.54) is 6.07 Å². The number of halogens is 1. The Hall–Kier alpha value is -3.40. The topological polar surface area (TPSA) is 30.8 Å². The third-order valence-electron chi connectivity index (χ3n) is 3.76. The number of para-hydroxylation sites is 2. The number of ether oxygens (including phenoxy) is 2. The SMILES string of the molecule is CC(=COc1ccc(C)cc1)/C(=N\c1ccccc1)Oc1ccccc1F. The number of nitrogens with zero attached hydrogens (tertiary/aromatic N) is 1. The van der Waals surface area contributed by atoms with Crippen molar-refractivity contribution in [2.45, 2.75) is 13.8 Å². The molecule has 3 nitrogen and oxygen atoms in total. The lowest BCUT2D eigenvalue weighted by Crippen LogP contribution is -2.11. The van der Waals surface area contributed by atoms with E-state index in [9.17, 15) is 4.39 Å². The van der Waals surface area contributed by atoms with E-state index in [0.29, 0.717) is 17.0 Å². The quantitative estimate of drug-likeness (QED) is 0.306. The van der Waals surface area contributed by atoms with Crippen LogP contribution in [0.1, 0.15) is 12.5 Å². The van der Waals surface area contributed by atoms with Gasteiger partial charge in [-0.1, -0.05) is 48.0 Å². The fraction of sp³-hybridized carbons (Fsp3) is 0.0870. The molecule has 136 valence electrons. The van der Waals surface area contributed by atoms with Crippen LogP contribution < -0.4 is 9.47 Å². The van der Waals surface area contributed by atoms with Crippen molar-refractivity contribution in [3.05, 3.63) is 102 Å². The molecule has 3 aromatic rings. The Morgan fingerprint density at radius 2 is 1.56 bits per heavy atom. The number of rotatable bonds is 5. The van der Waals surface area contributed by atoms with Gasteiger partial charge in [-0.15, -0.1) is 0 Å². The zero-order valence-corrected chi connectivity index (χ0v) is 15.2. The summed E-state index contributed by atoms with van der Waals surface area (Å²) in [6, 6.07) is 23.3. The first-order valence-electron chi connectivity index (χ1n) is 8.58. The minimum absolute atomic E-state index is 0.107. The molecule has 0 saturated heterocycles. The fourth-order valence-electron chi connectivity index (χ4n) is 2.27. The molecule has 0 aromatic heterocycles. The Labute approximate surface area is 158 Å². The number of aryl methyl sites for hydroxylation is 1. The molecule has 0 spiro atoms. The van der Waals surface area contributed by atoms with Crippen molar-refractivity contribution in [3.63, 3.8) is 0 Å². The predicted octanol–water partition coefficient (Wildman–Crippen LogP) is 6.23. The Morgan fingerprint density at radius 1 is 0.889 bits per heavy atom. The number of benzene rings is 3. The molecule has 3 rings (SSSR count). The minimum atomic E-state index is -0.453. The molecule has 27 heavy (non-hydrogen) atoms. The molecule has 0 saturated carbocycles. The summed E-state index contributed by atoms with van der Waals surface area (Å²) in [5.74, 6) is 0.615. The fourth-order valence-corrected chi connectivity index (χ4v) is 2.27. The molecule has 0 fully saturated rings. The van der Waals surface area contributed by atoms with E-state index in [0.717, 1.165) is 5.56 Å². The Bertz CT molecular complexity index is 948. The number of hydrogen-bond donors (Lipinski definition) is 0. The van der Waals surface area contributed by atoms with Crippen LogP contribution in [0.3, 0.4) is 0 Å². The first kappa shape index (κ1) is 18.4. The Kier molecular flexibility index (Phi) is 6.00. The van der Waals surface area contributed by atoms with E-state index >= 15 is 0 Å². The largest absolute Gasteiger partial charge is 0.465 e. The lowest BCUT2D eigenvalue weighted by atomic mass is 10.2. The molecule has 3 aromatic carbocycles. The Morgan fingerprint density at radius 3 is 2.26 bits per heavy atom. The maximum absolute atomic E-state index is 14.0. The Balaban J connectivity index is 1.88. The van der Waals surface area contributed by atoms with Crippen molar-refractivity contribution in [2.24, 2.45) is 4.99 Å². The highest BCUT2D eigenvalue weighted by Crippen LogP contribution is 2.20. The van der Waals surface area contributed by atoms with Crippen LogP contribution in [0.2, 0.25) is 0 Å². The number of aliphatic imine (C=N–C) groups is 1. The molecule has 0 heterocycles. The standard InChI is InChI=1S/C23H20FNO2/c1-17-12-14-20(15-13-17)26-16-18(2)23(25-19-8-4-3-5-9-19)27-22-11-7-6-10-21(22)24/h3-16H,1-2H3/b18-16?,25-23+. The van der Waals surface area contributed by atoms with Crippen molar-refractivity contribution in [1.29, 1.82) is 0 Å². The molecular formula is C23H20FNO2.